The first-order chi connectivity index (χ1) is 12.2. The van der Waals surface area contributed by atoms with E-state index in [9.17, 15) is 29.7 Å². The summed E-state index contributed by atoms with van der Waals surface area (Å²) in [5.41, 5.74) is -4.21. The molecule has 6 atom stereocenters. The lowest BCUT2D eigenvalue weighted by Crippen LogP contribution is -2.72. The van der Waals surface area contributed by atoms with Crippen LogP contribution in [0.2, 0.25) is 0 Å². The minimum absolute atomic E-state index is 0.0257. The van der Waals surface area contributed by atoms with E-state index in [1.807, 2.05) is 6.08 Å². The summed E-state index contributed by atoms with van der Waals surface area (Å²) in [4.78, 5) is 37.4. The van der Waals surface area contributed by atoms with Gasteiger partial charge in [-0.2, -0.15) is 0 Å². The van der Waals surface area contributed by atoms with E-state index in [0.29, 0.717) is 6.42 Å². The van der Waals surface area contributed by atoms with E-state index in [2.05, 4.69) is 0 Å². The molecule has 2 amide bonds. The van der Waals surface area contributed by atoms with Crippen molar-refractivity contribution < 1.29 is 39.2 Å². The number of carboxylic acid groups (broad SMARTS) is 2. The fraction of sp³-hybridized carbons (Fsp3) is 0.706. The number of aliphatic hydroxyl groups excluding tert-OH is 1. The van der Waals surface area contributed by atoms with Crippen LogP contribution < -0.4 is 0 Å². The zero-order valence-corrected chi connectivity index (χ0v) is 14.6. The highest BCUT2D eigenvalue weighted by Crippen LogP contribution is 2.55. The van der Waals surface area contributed by atoms with Gasteiger partial charge in [0.2, 0.25) is 11.4 Å². The van der Waals surface area contributed by atoms with Crippen molar-refractivity contribution in [3.8, 4) is 0 Å². The Labute approximate surface area is 150 Å². The van der Waals surface area contributed by atoms with Crippen LogP contribution in [0.4, 0.5) is 4.79 Å². The van der Waals surface area contributed by atoms with Gasteiger partial charge in [-0.15, -0.1) is 0 Å². The molecule has 2 aliphatic heterocycles. The van der Waals surface area contributed by atoms with Crippen LogP contribution >= 0.6 is 0 Å². The normalized spacial score (nSPS) is 40.5. The third kappa shape index (κ3) is 2.23. The first-order valence-electron chi connectivity index (χ1n) is 8.57. The molecule has 3 N–H and O–H groups in total. The van der Waals surface area contributed by atoms with E-state index in [-0.39, 0.29) is 11.3 Å². The lowest BCUT2D eigenvalue weighted by Gasteiger charge is -2.46. The van der Waals surface area contributed by atoms with Gasteiger partial charge >= 0.3 is 12.1 Å². The average Bonchev–Trinajstić information content (AvgIpc) is 3.04. The third-order valence-corrected chi connectivity index (χ3v) is 6.00. The van der Waals surface area contributed by atoms with Crippen molar-refractivity contribution in [1.29, 1.82) is 0 Å². The number of likely N-dealkylation sites (tertiary alicyclic amines) is 1. The third-order valence-electron chi connectivity index (χ3n) is 6.00. The molecule has 0 saturated carbocycles. The number of rotatable bonds is 4. The second kappa shape index (κ2) is 6.33. The van der Waals surface area contributed by atoms with Crippen molar-refractivity contribution in [3.05, 3.63) is 12.2 Å². The van der Waals surface area contributed by atoms with Crippen LogP contribution in [0.5, 0.6) is 0 Å². The summed E-state index contributed by atoms with van der Waals surface area (Å²) in [5, 5.41) is 30.8. The Morgan fingerprint density at radius 3 is 2.62 bits per heavy atom. The zero-order chi connectivity index (χ0) is 19.3. The highest BCUT2D eigenvalue weighted by Gasteiger charge is 2.79. The Bertz CT molecular complexity index is 663. The largest absolute Gasteiger partial charge is 0.479 e. The van der Waals surface area contributed by atoms with E-state index in [1.165, 1.54) is 14.0 Å². The minimum atomic E-state index is -2.46. The summed E-state index contributed by atoms with van der Waals surface area (Å²) in [5.74, 6) is -4.14. The van der Waals surface area contributed by atoms with E-state index < -0.39 is 53.3 Å². The summed E-state index contributed by atoms with van der Waals surface area (Å²) >= 11 is 0. The maximum Gasteiger partial charge on any atom is 0.415 e. The predicted molar refractivity (Wildman–Crippen MR) is 86.1 cm³/mol. The van der Waals surface area contributed by atoms with Crippen molar-refractivity contribution in [1.82, 2.24) is 4.90 Å². The van der Waals surface area contributed by atoms with Crippen molar-refractivity contribution in [3.63, 3.8) is 0 Å². The molecule has 4 unspecified atom stereocenters. The number of carbonyl (C=O) groups excluding carboxylic acids is 1. The van der Waals surface area contributed by atoms with Gasteiger partial charge in [-0.3, -0.25) is 4.79 Å². The number of amides is 2. The molecule has 2 heterocycles. The fourth-order valence-electron chi connectivity index (χ4n) is 4.73. The van der Waals surface area contributed by atoms with Gasteiger partial charge in [0.25, 0.3) is 0 Å². The Morgan fingerprint density at radius 2 is 2.12 bits per heavy atom. The van der Waals surface area contributed by atoms with Gasteiger partial charge in [0.15, 0.2) is 6.29 Å². The number of aliphatic hydroxyl groups is 1. The molecule has 2 fully saturated rings. The van der Waals surface area contributed by atoms with Crippen LogP contribution in [0.15, 0.2) is 12.2 Å². The number of hydrogen-bond donors (Lipinski definition) is 3. The van der Waals surface area contributed by atoms with Gasteiger partial charge in [0.1, 0.15) is 5.60 Å². The van der Waals surface area contributed by atoms with Crippen LogP contribution in [-0.4, -0.2) is 68.8 Å². The van der Waals surface area contributed by atoms with Gasteiger partial charge in [-0.1, -0.05) is 12.2 Å². The van der Waals surface area contributed by atoms with E-state index in [4.69, 9.17) is 9.47 Å². The molecule has 0 aromatic carbocycles. The molecule has 2 saturated heterocycles. The maximum atomic E-state index is 12.8. The van der Waals surface area contributed by atoms with Crippen LogP contribution in [-0.2, 0) is 19.1 Å². The van der Waals surface area contributed by atoms with E-state index in [0.717, 1.165) is 12.8 Å². The van der Waals surface area contributed by atoms with Crippen molar-refractivity contribution >= 4 is 18.0 Å². The lowest BCUT2D eigenvalue weighted by atomic mass is 9.68. The minimum Gasteiger partial charge on any atom is -0.479 e. The number of imide groups is 1. The highest BCUT2D eigenvalue weighted by molar-refractivity contribution is 6.05. The molecular formula is C17H23NO8. The number of nitrogens with zero attached hydrogens (tertiary/aromatic N) is 1. The molecule has 3 rings (SSSR count). The Morgan fingerprint density at radius 1 is 1.42 bits per heavy atom. The van der Waals surface area contributed by atoms with Gasteiger partial charge in [-0.05, 0) is 26.2 Å². The quantitative estimate of drug-likeness (QED) is 0.620. The van der Waals surface area contributed by atoms with Crippen molar-refractivity contribution in [2.45, 2.75) is 56.1 Å². The summed E-state index contributed by atoms with van der Waals surface area (Å²) in [6.07, 6.45) is 1.33. The van der Waals surface area contributed by atoms with E-state index in [1.54, 1.807) is 6.08 Å². The molecule has 1 aliphatic carbocycles. The Balaban J connectivity index is 2.19. The van der Waals surface area contributed by atoms with Crippen molar-refractivity contribution in [2.24, 2.45) is 11.8 Å². The maximum absolute atomic E-state index is 12.8. The molecule has 0 aromatic heterocycles. The summed E-state index contributed by atoms with van der Waals surface area (Å²) in [7, 11) is 1.36. The molecule has 9 heteroatoms. The molecule has 0 bridgehead atoms. The summed E-state index contributed by atoms with van der Waals surface area (Å²) in [6, 6.07) is 0. The number of allylic oxidation sites excluding steroid dienone is 1. The molecule has 0 spiro atoms. The number of hydrogen-bond acceptors (Lipinski definition) is 6. The lowest BCUT2D eigenvalue weighted by molar-refractivity contribution is -0.216. The average molecular weight is 369 g/mol. The highest BCUT2D eigenvalue weighted by atomic mass is 16.7. The smallest absolute Gasteiger partial charge is 0.415 e. The molecule has 144 valence electrons. The van der Waals surface area contributed by atoms with Gasteiger partial charge in [0.05, 0.1) is 12.0 Å². The van der Waals surface area contributed by atoms with Crippen LogP contribution in [0.25, 0.3) is 0 Å². The fourth-order valence-corrected chi connectivity index (χ4v) is 4.73. The zero-order valence-electron chi connectivity index (χ0n) is 14.6. The van der Waals surface area contributed by atoms with Crippen molar-refractivity contribution in [2.75, 3.05) is 7.11 Å². The summed E-state index contributed by atoms with van der Waals surface area (Å²) in [6.45, 7) is 1.38. The molecule has 9 nitrogen and oxygen atoms in total. The summed E-state index contributed by atoms with van der Waals surface area (Å²) < 4.78 is 10.9. The molecule has 0 radical (unpaired) electrons. The predicted octanol–water partition coefficient (Wildman–Crippen LogP) is 0.815. The van der Waals surface area contributed by atoms with E-state index >= 15 is 0 Å². The first-order valence-corrected chi connectivity index (χ1v) is 8.57. The molecule has 0 aromatic rings. The number of fused-ring (bicyclic) bond motifs is 1. The van der Waals surface area contributed by atoms with Crippen LogP contribution in [0.1, 0.15) is 32.6 Å². The molecule has 3 aliphatic rings. The standard InChI is InChI=1S/C17H23NO8/c1-16-10(8-11(25-2)26-16)13(20)18(15(23)24)17(16,14(21)22)12(19)9-6-4-3-5-7-9/h4,6,9-12,19H,3,5,7-8H2,1-2H3,(H,21,22)(H,23,24)/t9-,10?,11?,12+,16?,17?/m1/s1. The molecular weight excluding hydrogens is 346 g/mol. The second-order valence-electron chi connectivity index (χ2n) is 7.17. The Hall–Kier alpha value is -1.97. The topological polar surface area (TPSA) is 134 Å². The number of carboxylic acids is 1. The molecule has 26 heavy (non-hydrogen) atoms. The van der Waals surface area contributed by atoms with Crippen LogP contribution in [0, 0.1) is 11.8 Å². The Kier molecular flexibility index (Phi) is 4.58. The van der Waals surface area contributed by atoms with Gasteiger partial charge in [0, 0.05) is 19.4 Å². The number of carbonyl (C=O) groups is 3. The van der Waals surface area contributed by atoms with Gasteiger partial charge in [-0.25, -0.2) is 14.5 Å². The number of ether oxygens (including phenoxy) is 2. The first kappa shape index (κ1) is 18.8. The number of aliphatic carboxylic acids is 1. The van der Waals surface area contributed by atoms with Gasteiger partial charge < -0.3 is 24.8 Å². The monoisotopic (exact) mass is 369 g/mol. The SMILES string of the molecule is COC1CC2C(=O)N(C(=O)O)C(C(=O)O)([C@@H](O)[C@@H]3C=CCCC3)C2(C)O1. The second-order valence-corrected chi connectivity index (χ2v) is 7.17. The number of methoxy groups -OCH3 is 1. The van der Waals surface area contributed by atoms with Crippen LogP contribution in [0.3, 0.4) is 0 Å².